The molecular weight excluding hydrogens is 351 g/mol. The summed E-state index contributed by atoms with van der Waals surface area (Å²) < 4.78 is 18.5. The van der Waals surface area contributed by atoms with Crippen molar-refractivity contribution in [1.82, 2.24) is 4.90 Å². The van der Waals surface area contributed by atoms with Gasteiger partial charge in [-0.3, -0.25) is 9.59 Å². The first-order valence-electron chi connectivity index (χ1n) is 8.77. The number of carbonyl (C=O) groups is 2. The van der Waals surface area contributed by atoms with Gasteiger partial charge in [0.05, 0.1) is 38.5 Å². The van der Waals surface area contributed by atoms with Crippen LogP contribution in [-0.4, -0.2) is 48.9 Å². The summed E-state index contributed by atoms with van der Waals surface area (Å²) in [4.78, 5) is 28.2. The number of nitrogens with zero attached hydrogens (tertiary/aromatic N) is 1. The maximum absolute atomic E-state index is 13.4. The summed E-state index contributed by atoms with van der Waals surface area (Å²) in [5.41, 5.74) is 0.514. The quantitative estimate of drug-likeness (QED) is 0.722. The van der Waals surface area contributed by atoms with Crippen LogP contribution in [0.25, 0.3) is 0 Å². The highest BCUT2D eigenvalue weighted by atomic mass is 19.1. The minimum Gasteiger partial charge on any atom is -0.503 e. The summed E-state index contributed by atoms with van der Waals surface area (Å²) in [6.45, 7) is 1.19. The fraction of sp³-hybridized carbons (Fsp3) is 0.300. The fourth-order valence-electron chi connectivity index (χ4n) is 3.25. The first-order chi connectivity index (χ1) is 12.9. The zero-order chi connectivity index (χ0) is 19.6. The van der Waals surface area contributed by atoms with Crippen LogP contribution in [0.5, 0.6) is 0 Å². The third-order valence-corrected chi connectivity index (χ3v) is 4.55. The van der Waals surface area contributed by atoms with Crippen molar-refractivity contribution >= 4 is 11.7 Å². The van der Waals surface area contributed by atoms with E-state index in [1.54, 1.807) is 6.07 Å². The minimum absolute atomic E-state index is 0.0380. The van der Waals surface area contributed by atoms with Crippen molar-refractivity contribution in [3.63, 3.8) is 0 Å². The summed E-state index contributed by atoms with van der Waals surface area (Å²) in [7, 11) is 4.01. The highest BCUT2D eigenvalue weighted by molar-refractivity contribution is 6.14. The molecule has 1 unspecified atom stereocenters. The number of rotatable bonds is 7. The van der Waals surface area contributed by atoms with Crippen LogP contribution in [0.2, 0.25) is 0 Å². The largest absolute Gasteiger partial charge is 0.503 e. The number of hydrogen-bond donors (Lipinski definition) is 2. The lowest BCUT2D eigenvalue weighted by Crippen LogP contribution is -3.05. The van der Waals surface area contributed by atoms with E-state index in [4.69, 9.17) is 4.42 Å². The predicted molar refractivity (Wildman–Crippen MR) is 95.8 cm³/mol. The van der Waals surface area contributed by atoms with Gasteiger partial charge in [-0.05, 0) is 29.8 Å². The van der Waals surface area contributed by atoms with Crippen LogP contribution in [0, 0.1) is 5.82 Å². The van der Waals surface area contributed by atoms with Crippen molar-refractivity contribution in [2.24, 2.45) is 0 Å². The van der Waals surface area contributed by atoms with Gasteiger partial charge in [-0.2, -0.15) is 0 Å². The van der Waals surface area contributed by atoms with E-state index in [0.717, 1.165) is 6.54 Å². The lowest BCUT2D eigenvalue weighted by Gasteiger charge is -2.26. The molecule has 1 aromatic carbocycles. The second-order valence-electron chi connectivity index (χ2n) is 6.83. The van der Waals surface area contributed by atoms with Crippen molar-refractivity contribution in [1.29, 1.82) is 0 Å². The number of furan rings is 1. The monoisotopic (exact) mass is 373 g/mol. The van der Waals surface area contributed by atoms with Crippen molar-refractivity contribution in [2.75, 3.05) is 27.2 Å². The summed E-state index contributed by atoms with van der Waals surface area (Å²) >= 11 is 0. The van der Waals surface area contributed by atoms with Gasteiger partial charge < -0.3 is 19.3 Å². The Balaban J connectivity index is 1.99. The van der Waals surface area contributed by atoms with Crippen LogP contribution >= 0.6 is 0 Å². The molecule has 142 valence electrons. The number of amides is 1. The molecule has 2 N–H and O–H groups in total. The van der Waals surface area contributed by atoms with Crippen molar-refractivity contribution < 1.29 is 28.4 Å². The topological polar surface area (TPSA) is 75.2 Å². The molecule has 0 saturated heterocycles. The Bertz CT molecular complexity index is 857. The van der Waals surface area contributed by atoms with E-state index in [2.05, 4.69) is 0 Å². The maximum Gasteiger partial charge on any atom is 0.290 e. The third kappa shape index (κ3) is 3.78. The normalized spacial score (nSPS) is 17.3. The standard InChI is InChI=1S/C20H21FN2O4/c1-22(2)10-4-11-23-17(13-6-8-14(21)9-7-13)16(19(25)20(23)26)18(24)15-5-3-12-27-15/h3,5-9,12,17,25H,4,10-11H2,1-2H3/p+1. The second-order valence-corrected chi connectivity index (χ2v) is 6.83. The van der Waals surface area contributed by atoms with Crippen LogP contribution in [0.1, 0.15) is 28.6 Å². The number of carbonyl (C=O) groups excluding carboxylic acids is 2. The zero-order valence-corrected chi connectivity index (χ0v) is 15.2. The van der Waals surface area contributed by atoms with Crippen LogP contribution in [0.15, 0.2) is 58.4 Å². The Hall–Kier alpha value is -2.93. The summed E-state index contributed by atoms with van der Waals surface area (Å²) in [6, 6.07) is 7.84. The van der Waals surface area contributed by atoms with Gasteiger partial charge in [0.2, 0.25) is 5.78 Å². The van der Waals surface area contributed by atoms with Gasteiger partial charge in [0.25, 0.3) is 5.91 Å². The number of nitrogens with one attached hydrogen (secondary N) is 1. The summed E-state index contributed by atoms with van der Waals surface area (Å²) in [5, 5.41) is 10.4. The molecule has 0 spiro atoms. The lowest BCUT2D eigenvalue weighted by atomic mass is 9.95. The summed E-state index contributed by atoms with van der Waals surface area (Å²) in [5.74, 6) is -2.12. The molecule has 0 saturated carbocycles. The average molecular weight is 373 g/mol. The fourth-order valence-corrected chi connectivity index (χ4v) is 3.25. The SMILES string of the molecule is C[NH+](C)CCCN1C(=O)C(O)=C(C(=O)c2ccco2)C1c1ccc(F)cc1. The highest BCUT2D eigenvalue weighted by Crippen LogP contribution is 2.39. The molecule has 3 rings (SSSR count). The van der Waals surface area contributed by atoms with E-state index in [1.807, 2.05) is 14.1 Å². The van der Waals surface area contributed by atoms with Gasteiger partial charge in [-0.25, -0.2) is 4.39 Å². The number of aliphatic hydroxyl groups is 1. The van der Waals surface area contributed by atoms with Gasteiger partial charge in [0.15, 0.2) is 11.5 Å². The highest BCUT2D eigenvalue weighted by Gasteiger charge is 2.44. The molecular formula is C20H22FN2O4+. The van der Waals surface area contributed by atoms with Crippen molar-refractivity contribution in [2.45, 2.75) is 12.5 Å². The second kappa shape index (κ2) is 7.75. The van der Waals surface area contributed by atoms with E-state index in [9.17, 15) is 19.1 Å². The van der Waals surface area contributed by atoms with Crippen LogP contribution < -0.4 is 4.90 Å². The molecule has 1 amide bonds. The molecule has 2 heterocycles. The Morgan fingerprint density at radius 2 is 1.96 bits per heavy atom. The average Bonchev–Trinajstić information content (AvgIpc) is 3.25. The molecule has 6 nitrogen and oxygen atoms in total. The van der Waals surface area contributed by atoms with E-state index in [-0.39, 0.29) is 11.3 Å². The molecule has 0 aliphatic carbocycles. The molecule has 1 aliphatic heterocycles. The number of benzene rings is 1. The molecule has 0 radical (unpaired) electrons. The van der Waals surface area contributed by atoms with Crippen molar-refractivity contribution in [3.8, 4) is 0 Å². The molecule has 1 aromatic heterocycles. The zero-order valence-electron chi connectivity index (χ0n) is 15.2. The lowest BCUT2D eigenvalue weighted by molar-refractivity contribution is -0.858. The third-order valence-electron chi connectivity index (χ3n) is 4.55. The van der Waals surface area contributed by atoms with Gasteiger partial charge in [-0.15, -0.1) is 0 Å². The number of halogens is 1. The first kappa shape index (κ1) is 18.8. The number of quaternary nitrogens is 1. The molecule has 7 heteroatoms. The van der Waals surface area contributed by atoms with Gasteiger partial charge in [-0.1, -0.05) is 12.1 Å². The van der Waals surface area contributed by atoms with E-state index >= 15 is 0 Å². The Kier molecular flexibility index (Phi) is 5.41. The Labute approximate surface area is 156 Å². The van der Waals surface area contributed by atoms with E-state index < -0.39 is 29.3 Å². The number of aliphatic hydroxyl groups excluding tert-OH is 1. The molecule has 1 aliphatic rings. The number of hydrogen-bond acceptors (Lipinski definition) is 4. The van der Waals surface area contributed by atoms with Gasteiger partial charge in [0.1, 0.15) is 5.82 Å². The molecule has 0 bridgehead atoms. The molecule has 0 fully saturated rings. The minimum atomic E-state index is -0.784. The summed E-state index contributed by atoms with van der Waals surface area (Å²) in [6.07, 6.45) is 2.05. The molecule has 2 aromatic rings. The van der Waals surface area contributed by atoms with Crippen LogP contribution in [-0.2, 0) is 4.79 Å². The molecule has 1 atom stereocenters. The smallest absolute Gasteiger partial charge is 0.290 e. The van der Waals surface area contributed by atoms with Gasteiger partial charge in [0, 0.05) is 13.0 Å². The van der Waals surface area contributed by atoms with Crippen LogP contribution in [0.4, 0.5) is 4.39 Å². The van der Waals surface area contributed by atoms with Crippen molar-refractivity contribution in [3.05, 3.63) is 71.1 Å². The number of Topliss-reactive ketones (excluding diaryl/α,β-unsaturated/α-hetero) is 1. The van der Waals surface area contributed by atoms with Crippen LogP contribution in [0.3, 0.4) is 0 Å². The Morgan fingerprint density at radius 3 is 2.56 bits per heavy atom. The number of ketones is 1. The maximum atomic E-state index is 13.4. The Morgan fingerprint density at radius 1 is 1.26 bits per heavy atom. The predicted octanol–water partition coefficient (Wildman–Crippen LogP) is 1.53. The van der Waals surface area contributed by atoms with E-state index in [0.29, 0.717) is 18.5 Å². The first-order valence-corrected chi connectivity index (χ1v) is 8.77. The van der Waals surface area contributed by atoms with Gasteiger partial charge >= 0.3 is 0 Å². The molecule has 27 heavy (non-hydrogen) atoms. The van der Waals surface area contributed by atoms with E-state index in [1.165, 1.54) is 46.4 Å².